The summed E-state index contributed by atoms with van der Waals surface area (Å²) in [5, 5.41) is 9.25. The minimum atomic E-state index is -4.55. The van der Waals surface area contributed by atoms with Crippen LogP contribution in [0, 0.1) is 19.7 Å². The Labute approximate surface area is 183 Å². The molecule has 2 rings (SSSR count). The number of carbonyl (C=O) groups is 2. The van der Waals surface area contributed by atoms with Gasteiger partial charge in [-0.05, 0) is 62.9 Å². The van der Waals surface area contributed by atoms with Crippen molar-refractivity contribution >= 4 is 11.8 Å². The van der Waals surface area contributed by atoms with Crippen LogP contribution in [0.2, 0.25) is 0 Å². The van der Waals surface area contributed by atoms with Crippen molar-refractivity contribution in [3.8, 4) is 11.5 Å². The van der Waals surface area contributed by atoms with Gasteiger partial charge >= 0.3 is 12.1 Å². The van der Waals surface area contributed by atoms with Crippen molar-refractivity contribution < 1.29 is 41.7 Å². The minimum absolute atomic E-state index is 0.0284. The molecule has 0 saturated carbocycles. The molecule has 0 aliphatic rings. The van der Waals surface area contributed by atoms with Crippen molar-refractivity contribution in [1.82, 2.24) is 0 Å². The molecule has 0 heterocycles. The third kappa shape index (κ3) is 6.70. The molecule has 0 amide bonds. The lowest BCUT2D eigenvalue weighted by Gasteiger charge is -2.24. The van der Waals surface area contributed by atoms with E-state index in [0.717, 1.165) is 23.8 Å². The molecule has 0 aliphatic heterocycles. The molecule has 0 unspecified atom stereocenters. The predicted octanol–water partition coefficient (Wildman–Crippen LogP) is 5.44. The van der Waals surface area contributed by atoms with Gasteiger partial charge in [0.05, 0.1) is 5.56 Å². The molecule has 0 aliphatic carbocycles. The lowest BCUT2D eigenvalue weighted by Crippen LogP contribution is -2.38. The van der Waals surface area contributed by atoms with Gasteiger partial charge in [-0.2, -0.15) is 13.2 Å². The molecular formula is C23H24F4O5. The van der Waals surface area contributed by atoms with Crippen LogP contribution in [0.1, 0.15) is 47.3 Å². The highest BCUT2D eigenvalue weighted by Crippen LogP contribution is 2.29. The third-order valence-corrected chi connectivity index (χ3v) is 4.68. The number of benzene rings is 2. The van der Waals surface area contributed by atoms with Gasteiger partial charge in [0.2, 0.25) is 0 Å². The van der Waals surface area contributed by atoms with E-state index in [0.29, 0.717) is 16.9 Å². The fourth-order valence-electron chi connectivity index (χ4n) is 3.01. The maximum atomic E-state index is 14.2. The molecule has 0 aromatic heterocycles. The average Bonchev–Trinajstić information content (AvgIpc) is 2.66. The Morgan fingerprint density at radius 3 is 2.12 bits per heavy atom. The van der Waals surface area contributed by atoms with E-state index in [4.69, 9.17) is 4.74 Å². The maximum absolute atomic E-state index is 14.2. The summed E-state index contributed by atoms with van der Waals surface area (Å²) in [6.45, 7) is 4.83. The number of carbonyl (C=O) groups excluding carboxylic acids is 1. The number of aliphatic carboxylic acids is 1. The molecule has 0 fully saturated rings. The number of carboxylic acids is 1. The number of alkyl halides is 3. The second kappa shape index (κ2) is 9.58. The van der Waals surface area contributed by atoms with Crippen LogP contribution in [-0.4, -0.2) is 35.2 Å². The Kier molecular flexibility index (Phi) is 7.54. The Morgan fingerprint density at radius 1 is 1.03 bits per heavy atom. The van der Waals surface area contributed by atoms with Crippen molar-refractivity contribution in [3.05, 3.63) is 58.4 Å². The zero-order valence-electron chi connectivity index (χ0n) is 18.1. The molecule has 32 heavy (non-hydrogen) atoms. The molecule has 5 nitrogen and oxygen atoms in total. The summed E-state index contributed by atoms with van der Waals surface area (Å²) < 4.78 is 60.9. The predicted molar refractivity (Wildman–Crippen MR) is 109 cm³/mol. The summed E-state index contributed by atoms with van der Waals surface area (Å²) in [4.78, 5) is 23.7. The van der Waals surface area contributed by atoms with E-state index in [1.165, 1.54) is 13.8 Å². The average molecular weight is 456 g/mol. The highest BCUT2D eigenvalue weighted by Gasteiger charge is 2.31. The summed E-state index contributed by atoms with van der Waals surface area (Å²) >= 11 is 0. The molecular weight excluding hydrogens is 432 g/mol. The third-order valence-electron chi connectivity index (χ3n) is 4.68. The highest BCUT2D eigenvalue weighted by atomic mass is 19.4. The first-order chi connectivity index (χ1) is 14.7. The summed E-state index contributed by atoms with van der Waals surface area (Å²) in [6.07, 6.45) is -4.29. The van der Waals surface area contributed by atoms with Crippen LogP contribution < -0.4 is 9.47 Å². The van der Waals surface area contributed by atoms with Gasteiger partial charge in [-0.25, -0.2) is 9.18 Å². The van der Waals surface area contributed by atoms with E-state index >= 15 is 0 Å². The van der Waals surface area contributed by atoms with Crippen molar-refractivity contribution in [2.24, 2.45) is 0 Å². The standard InChI is InChI=1S/C23H24F4O5/c1-13-9-15(10-14(2)20(13)32-22(3,4)21(29)30)5-8-19(28)17-7-6-16(11-18(17)24)31-12-23(25,26)27/h6-7,9-11H,5,8,12H2,1-4H3,(H,29,30). The van der Waals surface area contributed by atoms with Gasteiger partial charge in [0.25, 0.3) is 0 Å². The van der Waals surface area contributed by atoms with Crippen molar-refractivity contribution in [2.75, 3.05) is 6.61 Å². The number of Topliss-reactive ketones (excluding diaryl/α,β-unsaturated/α-hetero) is 1. The molecule has 9 heteroatoms. The van der Waals surface area contributed by atoms with E-state index in [1.807, 2.05) is 0 Å². The van der Waals surface area contributed by atoms with Gasteiger partial charge in [-0.3, -0.25) is 4.79 Å². The van der Waals surface area contributed by atoms with E-state index in [2.05, 4.69) is 4.74 Å². The molecule has 174 valence electrons. The Balaban J connectivity index is 2.07. The smallest absolute Gasteiger partial charge is 0.422 e. The van der Waals surface area contributed by atoms with E-state index in [-0.39, 0.29) is 24.2 Å². The fraction of sp³-hybridized carbons (Fsp3) is 0.391. The largest absolute Gasteiger partial charge is 0.484 e. The topological polar surface area (TPSA) is 72.8 Å². The first kappa shape index (κ1) is 25.2. The van der Waals surface area contributed by atoms with Crippen molar-refractivity contribution in [3.63, 3.8) is 0 Å². The number of aryl methyl sites for hydroxylation is 3. The lowest BCUT2D eigenvalue weighted by molar-refractivity contribution is -0.153. The van der Waals surface area contributed by atoms with Crippen molar-refractivity contribution in [2.45, 2.75) is 52.3 Å². The minimum Gasteiger partial charge on any atom is -0.484 e. The number of halogens is 4. The number of hydrogen-bond donors (Lipinski definition) is 1. The monoisotopic (exact) mass is 456 g/mol. The van der Waals surface area contributed by atoms with Crippen LogP contribution in [0.3, 0.4) is 0 Å². The molecule has 0 atom stereocenters. The fourth-order valence-corrected chi connectivity index (χ4v) is 3.01. The van der Waals surface area contributed by atoms with Crippen LogP contribution in [0.5, 0.6) is 11.5 Å². The van der Waals surface area contributed by atoms with Crippen LogP contribution in [-0.2, 0) is 11.2 Å². The molecule has 0 saturated heterocycles. The van der Waals surface area contributed by atoms with Crippen LogP contribution in [0.15, 0.2) is 30.3 Å². The highest BCUT2D eigenvalue weighted by molar-refractivity contribution is 5.96. The van der Waals surface area contributed by atoms with Gasteiger partial charge in [0.1, 0.15) is 17.3 Å². The van der Waals surface area contributed by atoms with Gasteiger partial charge in [-0.15, -0.1) is 0 Å². The molecule has 2 aromatic rings. The molecule has 0 bridgehead atoms. The second-order valence-electron chi connectivity index (χ2n) is 7.94. The lowest BCUT2D eigenvalue weighted by atomic mass is 9.98. The number of rotatable bonds is 9. The normalized spacial score (nSPS) is 11.9. The first-order valence-electron chi connectivity index (χ1n) is 9.74. The maximum Gasteiger partial charge on any atom is 0.422 e. The Bertz CT molecular complexity index is 989. The number of ether oxygens (including phenoxy) is 2. The zero-order chi connectivity index (χ0) is 24.3. The molecule has 1 N–H and O–H groups in total. The van der Waals surface area contributed by atoms with E-state index in [9.17, 15) is 32.3 Å². The van der Waals surface area contributed by atoms with Gasteiger partial charge < -0.3 is 14.6 Å². The number of hydrogen-bond acceptors (Lipinski definition) is 4. The zero-order valence-corrected chi connectivity index (χ0v) is 18.1. The van der Waals surface area contributed by atoms with Crippen LogP contribution >= 0.6 is 0 Å². The van der Waals surface area contributed by atoms with Gasteiger partial charge in [-0.1, -0.05) is 12.1 Å². The van der Waals surface area contributed by atoms with Crippen LogP contribution in [0.25, 0.3) is 0 Å². The number of ketones is 1. The second-order valence-corrected chi connectivity index (χ2v) is 7.94. The van der Waals surface area contributed by atoms with Gasteiger partial charge in [0, 0.05) is 12.5 Å². The van der Waals surface area contributed by atoms with Crippen molar-refractivity contribution in [1.29, 1.82) is 0 Å². The Hall–Kier alpha value is -3.10. The first-order valence-corrected chi connectivity index (χ1v) is 9.74. The summed E-state index contributed by atoms with van der Waals surface area (Å²) in [7, 11) is 0. The molecule has 2 aromatic carbocycles. The van der Waals surface area contributed by atoms with E-state index in [1.54, 1.807) is 26.0 Å². The summed E-state index contributed by atoms with van der Waals surface area (Å²) in [6, 6.07) is 6.50. The molecule has 0 spiro atoms. The van der Waals surface area contributed by atoms with Crippen LogP contribution in [0.4, 0.5) is 17.6 Å². The summed E-state index contributed by atoms with van der Waals surface area (Å²) in [5.74, 6) is -2.45. The Morgan fingerprint density at radius 2 is 1.62 bits per heavy atom. The quantitative estimate of drug-likeness (QED) is 0.402. The summed E-state index contributed by atoms with van der Waals surface area (Å²) in [5.41, 5.74) is 0.513. The SMILES string of the molecule is Cc1cc(CCC(=O)c2ccc(OCC(F)(F)F)cc2F)cc(C)c1OC(C)(C)C(=O)O. The molecule has 0 radical (unpaired) electrons. The van der Waals surface area contributed by atoms with E-state index < -0.39 is 36.0 Å². The number of carboxylic acid groups (broad SMARTS) is 1. The van der Waals surface area contributed by atoms with Gasteiger partial charge in [0.15, 0.2) is 18.0 Å².